The summed E-state index contributed by atoms with van der Waals surface area (Å²) >= 11 is 3.54. The number of nitrogens with zero attached hydrogens (tertiary/aromatic N) is 3. The highest BCUT2D eigenvalue weighted by molar-refractivity contribution is 9.10. The lowest BCUT2D eigenvalue weighted by molar-refractivity contribution is -0.121. The van der Waals surface area contributed by atoms with Crippen molar-refractivity contribution in [3.63, 3.8) is 0 Å². The maximum Gasteiger partial charge on any atom is 0.221 e. The van der Waals surface area contributed by atoms with Crippen molar-refractivity contribution in [2.24, 2.45) is 0 Å². The fourth-order valence-electron chi connectivity index (χ4n) is 3.34. The summed E-state index contributed by atoms with van der Waals surface area (Å²) in [6, 6.07) is 16.3. The van der Waals surface area contributed by atoms with Crippen LogP contribution in [0.1, 0.15) is 40.0 Å². The molecule has 1 aromatic heterocycles. The lowest BCUT2D eigenvalue weighted by Gasteiger charge is -2.25. The van der Waals surface area contributed by atoms with Gasteiger partial charge in [-0.15, -0.1) is 0 Å². The molecule has 0 aliphatic carbocycles. The summed E-state index contributed by atoms with van der Waals surface area (Å²) in [6.07, 6.45) is 2.34. The molecule has 0 fully saturated rings. The van der Waals surface area contributed by atoms with Gasteiger partial charge in [0.2, 0.25) is 5.91 Å². The number of anilines is 1. The summed E-state index contributed by atoms with van der Waals surface area (Å²) in [5.74, 6) is 1.65. The molecule has 1 atom stereocenters. The van der Waals surface area contributed by atoms with Crippen molar-refractivity contribution in [1.82, 2.24) is 15.3 Å². The molecule has 0 bridgehead atoms. The molecule has 1 unspecified atom stereocenters. The molecular weight excluding hydrogens is 440 g/mol. The van der Waals surface area contributed by atoms with Crippen LogP contribution in [0.4, 0.5) is 5.82 Å². The Hall–Kier alpha value is -2.47. The Kier molecular flexibility index (Phi) is 7.80. The van der Waals surface area contributed by atoms with E-state index < -0.39 is 0 Å². The lowest BCUT2D eigenvalue weighted by atomic mass is 10.1. The van der Waals surface area contributed by atoms with Crippen molar-refractivity contribution in [2.75, 3.05) is 18.0 Å². The Morgan fingerprint density at radius 2 is 1.90 bits per heavy atom. The predicted molar refractivity (Wildman–Crippen MR) is 128 cm³/mol. The Morgan fingerprint density at radius 3 is 2.63 bits per heavy atom. The summed E-state index contributed by atoms with van der Waals surface area (Å²) in [7, 11) is 0. The minimum atomic E-state index is 0.0797. The van der Waals surface area contributed by atoms with Crippen LogP contribution < -0.4 is 10.2 Å². The van der Waals surface area contributed by atoms with Gasteiger partial charge in [0, 0.05) is 41.0 Å². The molecule has 0 radical (unpaired) electrons. The number of halogens is 1. The Bertz CT molecular complexity index is 1010. The van der Waals surface area contributed by atoms with Crippen LogP contribution in [0.3, 0.4) is 0 Å². The number of nitrogens with one attached hydrogen (secondary N) is 1. The fraction of sp³-hybridized carbons (Fsp3) is 0.375. The van der Waals surface area contributed by atoms with E-state index in [4.69, 9.17) is 9.97 Å². The number of para-hydroxylation sites is 1. The molecule has 3 aromatic rings. The second kappa shape index (κ2) is 10.5. The van der Waals surface area contributed by atoms with Gasteiger partial charge < -0.3 is 10.2 Å². The van der Waals surface area contributed by atoms with E-state index in [9.17, 15) is 4.79 Å². The molecule has 6 heteroatoms. The van der Waals surface area contributed by atoms with Crippen LogP contribution in [-0.2, 0) is 4.79 Å². The molecule has 0 saturated heterocycles. The minimum absolute atomic E-state index is 0.0797. The van der Waals surface area contributed by atoms with Crippen molar-refractivity contribution in [3.8, 4) is 11.4 Å². The molecule has 1 heterocycles. The number of rotatable bonds is 9. The molecular formula is C24H29BrN4O. The quantitative estimate of drug-likeness (QED) is 0.445. The largest absolute Gasteiger partial charge is 0.355 e. The van der Waals surface area contributed by atoms with E-state index in [1.54, 1.807) is 0 Å². The fourth-order valence-corrected chi connectivity index (χ4v) is 3.74. The Balaban J connectivity index is 1.96. The maximum absolute atomic E-state index is 12.4. The minimum Gasteiger partial charge on any atom is -0.355 e. The molecule has 1 N–H and O–H groups in total. The highest BCUT2D eigenvalue weighted by Gasteiger charge is 2.17. The van der Waals surface area contributed by atoms with Gasteiger partial charge in [0.25, 0.3) is 0 Å². The Morgan fingerprint density at radius 1 is 1.10 bits per heavy atom. The molecule has 0 aliphatic heterocycles. The van der Waals surface area contributed by atoms with Gasteiger partial charge in [0.1, 0.15) is 5.82 Å². The summed E-state index contributed by atoms with van der Waals surface area (Å²) in [5.41, 5.74) is 1.87. The van der Waals surface area contributed by atoms with Crippen LogP contribution >= 0.6 is 15.9 Å². The maximum atomic E-state index is 12.4. The number of hydrogen-bond donors (Lipinski definition) is 1. The summed E-state index contributed by atoms with van der Waals surface area (Å²) in [4.78, 5) is 24.3. The standard InChI is InChI=1S/C24H29BrN4O/c1-4-14-29(15-13-22(30)26-17(3)5-2)24-20-11-6-7-12-21(20)27-23(28-24)18-9-8-10-19(25)16-18/h6-12,16-17H,4-5,13-15H2,1-3H3,(H,26,30). The first kappa shape index (κ1) is 22.2. The van der Waals surface area contributed by atoms with Gasteiger partial charge in [-0.25, -0.2) is 9.97 Å². The molecule has 0 aliphatic rings. The van der Waals surface area contributed by atoms with Crippen LogP contribution in [0.15, 0.2) is 53.0 Å². The normalized spacial score (nSPS) is 12.0. The number of fused-ring (bicyclic) bond motifs is 1. The average molecular weight is 469 g/mol. The number of aromatic nitrogens is 2. The first-order chi connectivity index (χ1) is 14.5. The van der Waals surface area contributed by atoms with E-state index in [0.29, 0.717) is 18.8 Å². The highest BCUT2D eigenvalue weighted by atomic mass is 79.9. The van der Waals surface area contributed by atoms with Crippen molar-refractivity contribution >= 4 is 38.6 Å². The zero-order chi connectivity index (χ0) is 21.5. The van der Waals surface area contributed by atoms with Gasteiger partial charge in [-0.1, -0.05) is 54.0 Å². The summed E-state index contributed by atoms with van der Waals surface area (Å²) in [5, 5.41) is 4.06. The topological polar surface area (TPSA) is 58.1 Å². The number of amides is 1. The van der Waals surface area contributed by atoms with Crippen molar-refractivity contribution in [1.29, 1.82) is 0 Å². The van der Waals surface area contributed by atoms with Gasteiger partial charge >= 0.3 is 0 Å². The van der Waals surface area contributed by atoms with Crippen LogP contribution in [0, 0.1) is 0 Å². The molecule has 0 spiro atoms. The molecule has 1 amide bonds. The third kappa shape index (κ3) is 5.57. The van der Waals surface area contributed by atoms with Crippen LogP contribution in [-0.4, -0.2) is 35.0 Å². The predicted octanol–water partition coefficient (Wildman–Crippen LogP) is 5.58. The first-order valence-electron chi connectivity index (χ1n) is 10.6. The van der Waals surface area contributed by atoms with Gasteiger partial charge in [0.05, 0.1) is 5.52 Å². The van der Waals surface area contributed by atoms with Gasteiger partial charge in [-0.3, -0.25) is 4.79 Å². The number of benzene rings is 2. The molecule has 158 valence electrons. The van der Waals surface area contributed by atoms with Gasteiger partial charge in [-0.2, -0.15) is 0 Å². The lowest BCUT2D eigenvalue weighted by Crippen LogP contribution is -2.36. The van der Waals surface area contributed by atoms with E-state index >= 15 is 0 Å². The van der Waals surface area contributed by atoms with Crippen LogP contribution in [0.25, 0.3) is 22.3 Å². The number of carbonyl (C=O) groups excluding carboxylic acids is 1. The number of hydrogen-bond acceptors (Lipinski definition) is 4. The monoisotopic (exact) mass is 468 g/mol. The molecule has 0 saturated carbocycles. The first-order valence-corrected chi connectivity index (χ1v) is 11.4. The molecule has 3 rings (SSSR count). The van der Waals surface area contributed by atoms with E-state index in [2.05, 4.69) is 46.1 Å². The van der Waals surface area contributed by atoms with Crippen molar-refractivity contribution in [2.45, 2.75) is 46.1 Å². The van der Waals surface area contributed by atoms with Crippen molar-refractivity contribution in [3.05, 3.63) is 53.0 Å². The van der Waals surface area contributed by atoms with E-state index in [0.717, 1.165) is 46.1 Å². The average Bonchev–Trinajstić information content (AvgIpc) is 2.75. The summed E-state index contributed by atoms with van der Waals surface area (Å²) in [6.45, 7) is 7.70. The number of carbonyl (C=O) groups is 1. The molecule has 2 aromatic carbocycles. The SMILES string of the molecule is CCCN(CCC(=O)NC(C)CC)c1nc(-c2cccc(Br)c2)nc2ccccc12. The van der Waals surface area contributed by atoms with E-state index in [1.807, 2.05) is 49.4 Å². The van der Waals surface area contributed by atoms with Crippen LogP contribution in [0.2, 0.25) is 0 Å². The van der Waals surface area contributed by atoms with E-state index in [1.165, 1.54) is 0 Å². The van der Waals surface area contributed by atoms with Gasteiger partial charge in [0.15, 0.2) is 5.82 Å². The molecule has 5 nitrogen and oxygen atoms in total. The molecule has 30 heavy (non-hydrogen) atoms. The summed E-state index contributed by atoms with van der Waals surface area (Å²) < 4.78 is 0.991. The van der Waals surface area contributed by atoms with Gasteiger partial charge in [-0.05, 0) is 44.0 Å². The Labute approximate surface area is 187 Å². The van der Waals surface area contributed by atoms with Crippen molar-refractivity contribution < 1.29 is 4.79 Å². The smallest absolute Gasteiger partial charge is 0.221 e. The zero-order valence-corrected chi connectivity index (χ0v) is 19.4. The van der Waals surface area contributed by atoms with E-state index in [-0.39, 0.29) is 11.9 Å². The highest BCUT2D eigenvalue weighted by Crippen LogP contribution is 2.29. The second-order valence-electron chi connectivity index (χ2n) is 7.51. The third-order valence-corrected chi connectivity index (χ3v) is 5.58. The third-order valence-electron chi connectivity index (χ3n) is 5.09. The van der Waals surface area contributed by atoms with Crippen LogP contribution in [0.5, 0.6) is 0 Å². The second-order valence-corrected chi connectivity index (χ2v) is 8.43. The zero-order valence-electron chi connectivity index (χ0n) is 17.9.